The Morgan fingerprint density at radius 1 is 1.44 bits per heavy atom. The molecule has 0 unspecified atom stereocenters. The van der Waals surface area contributed by atoms with Crippen LogP contribution in [0.1, 0.15) is 24.2 Å². The zero-order valence-corrected chi connectivity index (χ0v) is 14.3. The van der Waals surface area contributed by atoms with E-state index in [4.69, 9.17) is 9.94 Å². The molecular weight excluding hydrogens is 320 g/mol. The Bertz CT molecular complexity index is 806. The molecular formula is C18H22N4O3. The van der Waals surface area contributed by atoms with E-state index in [2.05, 4.69) is 15.6 Å². The van der Waals surface area contributed by atoms with E-state index in [-0.39, 0.29) is 5.97 Å². The maximum absolute atomic E-state index is 11.8. The molecule has 0 atom stereocenters. The van der Waals surface area contributed by atoms with Gasteiger partial charge in [-0.05, 0) is 38.1 Å². The number of hydrogen-bond acceptors (Lipinski definition) is 5. The van der Waals surface area contributed by atoms with Gasteiger partial charge in [-0.25, -0.2) is 4.79 Å². The number of allylic oxidation sites excluding steroid dienone is 3. The SMILES string of the molecule is C\C=C/C=C\C(=N\O)NCCn1cc2cc(C(=O)OCC)ccc2n1. The van der Waals surface area contributed by atoms with Crippen LogP contribution in [0.25, 0.3) is 10.9 Å². The first-order chi connectivity index (χ1) is 12.2. The number of hydrogen-bond donors (Lipinski definition) is 2. The van der Waals surface area contributed by atoms with Gasteiger partial charge in [0.15, 0.2) is 5.84 Å². The van der Waals surface area contributed by atoms with Gasteiger partial charge < -0.3 is 15.3 Å². The Kier molecular flexibility index (Phi) is 6.76. The molecule has 0 aliphatic heterocycles. The highest BCUT2D eigenvalue weighted by molar-refractivity contribution is 5.94. The van der Waals surface area contributed by atoms with E-state index in [1.807, 2.05) is 25.3 Å². The van der Waals surface area contributed by atoms with Crippen molar-refractivity contribution in [3.05, 3.63) is 54.3 Å². The molecule has 0 spiro atoms. The number of aromatic nitrogens is 2. The Morgan fingerprint density at radius 3 is 3.00 bits per heavy atom. The molecule has 0 aliphatic carbocycles. The topological polar surface area (TPSA) is 88.7 Å². The maximum atomic E-state index is 11.8. The van der Waals surface area contributed by atoms with E-state index >= 15 is 0 Å². The molecule has 0 saturated heterocycles. The standard InChI is InChI=1S/C18H22N4O3/c1-3-5-6-7-17(21-24)19-10-11-22-13-15-12-14(18(23)25-4-2)8-9-16(15)20-22/h3,5-9,12-13,24H,4,10-11H2,1-2H3,(H,19,21)/b5-3-,7-6-. The van der Waals surface area contributed by atoms with Crippen molar-refractivity contribution < 1.29 is 14.7 Å². The summed E-state index contributed by atoms with van der Waals surface area (Å²) < 4.78 is 6.78. The molecule has 2 N–H and O–H groups in total. The van der Waals surface area contributed by atoms with Crippen molar-refractivity contribution in [3.63, 3.8) is 0 Å². The van der Waals surface area contributed by atoms with Gasteiger partial charge in [0.05, 0.1) is 24.2 Å². The molecule has 25 heavy (non-hydrogen) atoms. The van der Waals surface area contributed by atoms with Crippen molar-refractivity contribution in [1.82, 2.24) is 15.1 Å². The Morgan fingerprint density at radius 2 is 2.28 bits per heavy atom. The average molecular weight is 342 g/mol. The molecule has 7 nitrogen and oxygen atoms in total. The number of rotatable bonds is 7. The average Bonchev–Trinajstić information content (AvgIpc) is 3.02. The van der Waals surface area contributed by atoms with Crippen molar-refractivity contribution in [2.24, 2.45) is 5.16 Å². The third kappa shape index (κ3) is 5.20. The number of amidine groups is 1. The summed E-state index contributed by atoms with van der Waals surface area (Å²) in [6.07, 6.45) is 9.04. The molecule has 2 rings (SSSR count). The largest absolute Gasteiger partial charge is 0.462 e. The van der Waals surface area contributed by atoms with Crippen LogP contribution in [0, 0.1) is 0 Å². The highest BCUT2D eigenvalue weighted by Crippen LogP contribution is 2.15. The van der Waals surface area contributed by atoms with Gasteiger partial charge in [0.2, 0.25) is 0 Å². The number of esters is 1. The maximum Gasteiger partial charge on any atom is 0.338 e. The van der Waals surface area contributed by atoms with Crippen molar-refractivity contribution in [3.8, 4) is 0 Å². The van der Waals surface area contributed by atoms with Gasteiger partial charge in [-0.3, -0.25) is 4.68 Å². The first-order valence-electron chi connectivity index (χ1n) is 8.07. The lowest BCUT2D eigenvalue weighted by molar-refractivity contribution is 0.0526. The summed E-state index contributed by atoms with van der Waals surface area (Å²) in [6, 6.07) is 5.27. The van der Waals surface area contributed by atoms with Crippen LogP contribution >= 0.6 is 0 Å². The molecule has 1 aromatic carbocycles. The van der Waals surface area contributed by atoms with Gasteiger partial charge in [0.1, 0.15) is 0 Å². The number of carbonyl (C=O) groups is 1. The van der Waals surface area contributed by atoms with Crippen molar-refractivity contribution in [2.75, 3.05) is 13.2 Å². The molecule has 0 amide bonds. The second kappa shape index (κ2) is 9.27. The zero-order valence-electron chi connectivity index (χ0n) is 14.3. The van der Waals surface area contributed by atoms with Crippen LogP contribution in [0.3, 0.4) is 0 Å². The molecule has 0 saturated carbocycles. The van der Waals surface area contributed by atoms with E-state index in [0.717, 1.165) is 10.9 Å². The highest BCUT2D eigenvalue weighted by atomic mass is 16.5. The Labute approximate surface area is 146 Å². The van der Waals surface area contributed by atoms with Gasteiger partial charge in [-0.1, -0.05) is 23.4 Å². The summed E-state index contributed by atoms with van der Waals surface area (Å²) in [6.45, 7) is 5.15. The fourth-order valence-corrected chi connectivity index (χ4v) is 2.22. The van der Waals surface area contributed by atoms with E-state index < -0.39 is 0 Å². The minimum atomic E-state index is -0.337. The normalized spacial score (nSPS) is 12.3. The predicted octanol–water partition coefficient (Wildman–Crippen LogP) is 2.72. The van der Waals surface area contributed by atoms with E-state index in [0.29, 0.717) is 31.1 Å². The number of nitrogens with zero attached hydrogens (tertiary/aromatic N) is 3. The Hall–Kier alpha value is -3.09. The fraction of sp³-hybridized carbons (Fsp3) is 0.278. The summed E-state index contributed by atoms with van der Waals surface area (Å²) in [7, 11) is 0. The molecule has 1 aromatic heterocycles. The van der Waals surface area contributed by atoms with Crippen LogP contribution in [0.4, 0.5) is 0 Å². The van der Waals surface area contributed by atoms with Crippen molar-refractivity contribution >= 4 is 22.7 Å². The molecule has 7 heteroatoms. The lowest BCUT2D eigenvalue weighted by atomic mass is 10.2. The smallest absolute Gasteiger partial charge is 0.338 e. The summed E-state index contributed by atoms with van der Waals surface area (Å²) >= 11 is 0. The van der Waals surface area contributed by atoms with Gasteiger partial charge >= 0.3 is 5.97 Å². The lowest BCUT2D eigenvalue weighted by Gasteiger charge is -2.04. The molecule has 132 valence electrons. The van der Waals surface area contributed by atoms with Gasteiger partial charge in [0, 0.05) is 18.1 Å². The third-order valence-electron chi connectivity index (χ3n) is 3.38. The first kappa shape index (κ1) is 18.3. The summed E-state index contributed by atoms with van der Waals surface area (Å²) in [4.78, 5) is 11.8. The van der Waals surface area contributed by atoms with Gasteiger partial charge in [-0.15, -0.1) is 0 Å². The summed E-state index contributed by atoms with van der Waals surface area (Å²) in [5.41, 5.74) is 1.31. The predicted molar refractivity (Wildman–Crippen MR) is 96.9 cm³/mol. The zero-order chi connectivity index (χ0) is 18.1. The number of nitrogens with one attached hydrogen (secondary N) is 1. The number of fused-ring (bicyclic) bond motifs is 1. The van der Waals surface area contributed by atoms with Gasteiger partial charge in [0.25, 0.3) is 0 Å². The minimum Gasteiger partial charge on any atom is -0.462 e. The van der Waals surface area contributed by atoms with Crippen LogP contribution < -0.4 is 5.32 Å². The first-order valence-corrected chi connectivity index (χ1v) is 8.07. The highest BCUT2D eigenvalue weighted by Gasteiger charge is 2.09. The molecule has 2 aromatic rings. The number of benzene rings is 1. The van der Waals surface area contributed by atoms with E-state index in [1.165, 1.54) is 0 Å². The lowest BCUT2D eigenvalue weighted by Crippen LogP contribution is -2.25. The number of oxime groups is 1. The minimum absolute atomic E-state index is 0.337. The monoisotopic (exact) mass is 342 g/mol. The van der Waals surface area contributed by atoms with Crippen LogP contribution in [0.2, 0.25) is 0 Å². The van der Waals surface area contributed by atoms with E-state index in [1.54, 1.807) is 42.0 Å². The van der Waals surface area contributed by atoms with Crippen LogP contribution in [-0.4, -0.2) is 39.9 Å². The number of ether oxygens (including phenoxy) is 1. The third-order valence-corrected chi connectivity index (χ3v) is 3.38. The fourth-order valence-electron chi connectivity index (χ4n) is 2.22. The Balaban J connectivity index is 1.98. The van der Waals surface area contributed by atoms with Crippen molar-refractivity contribution in [2.45, 2.75) is 20.4 Å². The van der Waals surface area contributed by atoms with Gasteiger partial charge in [-0.2, -0.15) is 5.10 Å². The second-order valence-electron chi connectivity index (χ2n) is 5.18. The summed E-state index contributed by atoms with van der Waals surface area (Å²) in [5, 5.41) is 20.5. The quantitative estimate of drug-likeness (QED) is 0.202. The molecule has 0 aliphatic rings. The summed E-state index contributed by atoms with van der Waals surface area (Å²) in [5.74, 6) is 0.0370. The molecule has 0 fully saturated rings. The second-order valence-corrected chi connectivity index (χ2v) is 5.18. The van der Waals surface area contributed by atoms with Crippen LogP contribution in [0.5, 0.6) is 0 Å². The van der Waals surface area contributed by atoms with Crippen LogP contribution in [0.15, 0.2) is 53.9 Å². The van der Waals surface area contributed by atoms with Crippen LogP contribution in [-0.2, 0) is 11.3 Å². The number of carbonyl (C=O) groups excluding carboxylic acids is 1. The van der Waals surface area contributed by atoms with E-state index in [9.17, 15) is 4.79 Å². The molecule has 1 heterocycles. The van der Waals surface area contributed by atoms with Crippen molar-refractivity contribution in [1.29, 1.82) is 0 Å². The molecule has 0 bridgehead atoms. The molecule has 0 radical (unpaired) electrons.